The molecule has 0 radical (unpaired) electrons. The molecule has 0 bridgehead atoms. The molecule has 1 nitrogen and oxygen atoms in total. The average Bonchev–Trinajstić information content (AvgIpc) is 1.14. The molecular formula is C6H19NScSi2+3. The SMILES string of the molecule is C[Si](C)(C)N[Si](C)(C)C.[Sc+3]. The summed E-state index contributed by atoms with van der Waals surface area (Å²) < 4.78 is 3.74. The summed E-state index contributed by atoms with van der Waals surface area (Å²) in [6.07, 6.45) is 0. The van der Waals surface area contributed by atoms with Crippen molar-refractivity contribution in [1.29, 1.82) is 0 Å². The van der Waals surface area contributed by atoms with E-state index in [0.29, 0.717) is 0 Å². The summed E-state index contributed by atoms with van der Waals surface area (Å²) in [6.45, 7) is 14.1. The second-order valence-corrected chi connectivity index (χ2v) is 14.6. The molecule has 10 heavy (non-hydrogen) atoms. The van der Waals surface area contributed by atoms with Gasteiger partial charge < -0.3 is 4.65 Å². The van der Waals surface area contributed by atoms with Crippen LogP contribution in [0.1, 0.15) is 0 Å². The van der Waals surface area contributed by atoms with Crippen LogP contribution in [-0.2, 0) is 25.8 Å². The molecule has 0 spiro atoms. The Balaban J connectivity index is 0. The van der Waals surface area contributed by atoms with Crippen LogP contribution in [0.2, 0.25) is 39.3 Å². The molecule has 56 valence electrons. The number of hydrogen-bond donors (Lipinski definition) is 1. The van der Waals surface area contributed by atoms with Crippen LogP contribution in [0.5, 0.6) is 0 Å². The molecule has 0 fully saturated rings. The van der Waals surface area contributed by atoms with Gasteiger partial charge in [0.05, 0.1) is 0 Å². The molecule has 0 heterocycles. The van der Waals surface area contributed by atoms with Gasteiger partial charge in [0.25, 0.3) is 0 Å². The molecule has 1 N–H and O–H groups in total. The summed E-state index contributed by atoms with van der Waals surface area (Å²) >= 11 is 0. The first-order chi connectivity index (χ1) is 3.71. The molecule has 0 aromatic rings. The predicted molar refractivity (Wildman–Crippen MR) is 49.8 cm³/mol. The largest absolute Gasteiger partial charge is 3.00 e. The molecular weight excluding hydrogens is 187 g/mol. The molecule has 0 saturated heterocycles. The van der Waals surface area contributed by atoms with Crippen LogP contribution in [0.4, 0.5) is 0 Å². The topological polar surface area (TPSA) is 12.0 Å². The van der Waals surface area contributed by atoms with Gasteiger partial charge in [-0.1, -0.05) is 39.3 Å². The summed E-state index contributed by atoms with van der Waals surface area (Å²) in [7, 11) is -1.96. The molecule has 0 aliphatic carbocycles. The Morgan fingerprint density at radius 3 is 0.900 bits per heavy atom. The normalized spacial score (nSPS) is 12.6. The molecule has 0 saturated carbocycles. The second-order valence-electron chi connectivity index (χ2n) is 4.62. The first-order valence-corrected chi connectivity index (χ1v) is 10.5. The Kier molecular flexibility index (Phi) is 5.99. The van der Waals surface area contributed by atoms with Crippen LogP contribution in [-0.4, -0.2) is 16.5 Å². The van der Waals surface area contributed by atoms with E-state index in [0.717, 1.165) is 0 Å². The van der Waals surface area contributed by atoms with Gasteiger partial charge in [0.2, 0.25) is 0 Å². The minimum Gasteiger partial charge on any atom is -0.360 e. The summed E-state index contributed by atoms with van der Waals surface area (Å²) in [5.41, 5.74) is 0. The summed E-state index contributed by atoms with van der Waals surface area (Å²) in [5, 5.41) is 0. The summed E-state index contributed by atoms with van der Waals surface area (Å²) in [4.78, 5) is 0. The fraction of sp³-hybridized carbons (Fsp3) is 1.00. The van der Waals surface area contributed by atoms with E-state index in [1.807, 2.05) is 0 Å². The van der Waals surface area contributed by atoms with Crippen molar-refractivity contribution < 1.29 is 25.8 Å². The van der Waals surface area contributed by atoms with Crippen LogP contribution in [0.15, 0.2) is 0 Å². The molecule has 0 aromatic heterocycles. The fourth-order valence-corrected chi connectivity index (χ4v) is 10.1. The number of hydrogen-bond acceptors (Lipinski definition) is 1. The Morgan fingerprint density at radius 1 is 0.700 bits per heavy atom. The third-order valence-corrected chi connectivity index (χ3v) is 6.75. The predicted octanol–water partition coefficient (Wildman–Crippen LogP) is 2.24. The molecule has 0 aliphatic rings. The first kappa shape index (κ1) is 13.8. The minimum atomic E-state index is -0.981. The van der Waals surface area contributed by atoms with Gasteiger partial charge in [0.1, 0.15) is 16.5 Å². The Morgan fingerprint density at radius 2 is 0.900 bits per heavy atom. The van der Waals surface area contributed by atoms with Crippen molar-refractivity contribution in [2.24, 2.45) is 0 Å². The van der Waals surface area contributed by atoms with Gasteiger partial charge in [0, 0.05) is 0 Å². The van der Waals surface area contributed by atoms with Crippen molar-refractivity contribution in [1.82, 2.24) is 4.65 Å². The van der Waals surface area contributed by atoms with E-state index in [2.05, 4.69) is 43.9 Å². The van der Waals surface area contributed by atoms with Gasteiger partial charge in [-0.3, -0.25) is 0 Å². The summed E-state index contributed by atoms with van der Waals surface area (Å²) in [6, 6.07) is 0. The third-order valence-electron chi connectivity index (χ3n) is 0.750. The van der Waals surface area contributed by atoms with E-state index < -0.39 is 16.5 Å². The Labute approximate surface area is 85.9 Å². The minimum absolute atomic E-state index is 0. The van der Waals surface area contributed by atoms with Gasteiger partial charge in [-0.25, -0.2) is 0 Å². The van der Waals surface area contributed by atoms with Crippen LogP contribution in [0.25, 0.3) is 0 Å². The van der Waals surface area contributed by atoms with Gasteiger partial charge in [0.15, 0.2) is 0 Å². The van der Waals surface area contributed by atoms with E-state index in [9.17, 15) is 0 Å². The van der Waals surface area contributed by atoms with Gasteiger partial charge in [-0.2, -0.15) is 0 Å². The third kappa shape index (κ3) is 12.0. The molecule has 0 amide bonds. The summed E-state index contributed by atoms with van der Waals surface area (Å²) in [5.74, 6) is 0. The maximum Gasteiger partial charge on any atom is 3.00 e. The van der Waals surface area contributed by atoms with E-state index >= 15 is 0 Å². The number of rotatable bonds is 2. The van der Waals surface area contributed by atoms with Gasteiger partial charge in [-0.05, 0) is 0 Å². The van der Waals surface area contributed by atoms with Crippen LogP contribution >= 0.6 is 0 Å². The molecule has 4 heteroatoms. The van der Waals surface area contributed by atoms with Crippen LogP contribution < -0.4 is 4.65 Å². The smallest absolute Gasteiger partial charge is 0.360 e. The van der Waals surface area contributed by atoms with E-state index in [1.165, 1.54) is 0 Å². The van der Waals surface area contributed by atoms with Crippen molar-refractivity contribution in [3.05, 3.63) is 0 Å². The molecule has 0 aromatic carbocycles. The van der Waals surface area contributed by atoms with Crippen molar-refractivity contribution in [3.63, 3.8) is 0 Å². The molecule has 0 unspecified atom stereocenters. The second kappa shape index (κ2) is 4.33. The van der Waals surface area contributed by atoms with Crippen molar-refractivity contribution >= 4 is 16.5 Å². The monoisotopic (exact) mass is 206 g/mol. The maximum atomic E-state index is 3.74. The van der Waals surface area contributed by atoms with Crippen LogP contribution in [0.3, 0.4) is 0 Å². The van der Waals surface area contributed by atoms with Crippen LogP contribution in [0, 0.1) is 0 Å². The molecule has 0 atom stereocenters. The van der Waals surface area contributed by atoms with E-state index in [4.69, 9.17) is 0 Å². The van der Waals surface area contributed by atoms with Crippen molar-refractivity contribution in [2.45, 2.75) is 39.3 Å². The maximum absolute atomic E-state index is 3.74. The van der Waals surface area contributed by atoms with Crippen molar-refractivity contribution in [3.8, 4) is 0 Å². The van der Waals surface area contributed by atoms with Gasteiger partial charge >= 0.3 is 25.8 Å². The zero-order valence-electron chi connectivity index (χ0n) is 8.08. The van der Waals surface area contributed by atoms with Crippen molar-refractivity contribution in [2.75, 3.05) is 0 Å². The molecule has 0 rings (SSSR count). The average molecular weight is 206 g/mol. The fourth-order valence-electron chi connectivity index (χ4n) is 1.12. The Bertz CT molecular complexity index is 80.9. The first-order valence-electron chi connectivity index (χ1n) is 3.50. The molecule has 0 aliphatic heterocycles. The zero-order chi connectivity index (χ0) is 7.71. The van der Waals surface area contributed by atoms with E-state index in [1.54, 1.807) is 0 Å². The zero-order valence-corrected chi connectivity index (χ0v) is 11.9. The standard InChI is InChI=1S/C6H19NSi2.Sc/c1-8(2,3)7-9(4,5)6;/h7H,1-6H3;/q;+3. The Hall–Kier alpha value is 1.26. The van der Waals surface area contributed by atoms with E-state index in [-0.39, 0.29) is 25.8 Å². The number of nitrogens with one attached hydrogen (secondary N) is 1. The van der Waals surface area contributed by atoms with Gasteiger partial charge in [-0.15, -0.1) is 0 Å². The quantitative estimate of drug-likeness (QED) is 0.683.